The Labute approximate surface area is 205 Å². The molecule has 4 aromatic rings. The van der Waals surface area contributed by atoms with Crippen LogP contribution in [0.4, 0.5) is 24.3 Å². The number of aromatic nitrogens is 3. The molecule has 2 heterocycles. The normalized spacial score (nSPS) is 12.2. The third kappa shape index (κ3) is 5.65. The van der Waals surface area contributed by atoms with Gasteiger partial charge in [-0.05, 0) is 68.9 Å². The Morgan fingerprint density at radius 3 is 2.54 bits per heavy atom. The zero-order chi connectivity index (χ0) is 25.2. The quantitative estimate of drug-likeness (QED) is 0.194. The molecule has 1 N–H and O–H groups in total. The zero-order valence-electron chi connectivity index (χ0n) is 19.9. The van der Waals surface area contributed by atoms with E-state index in [9.17, 15) is 18.0 Å². The summed E-state index contributed by atoms with van der Waals surface area (Å²) < 4.78 is 41.3. The van der Waals surface area contributed by atoms with E-state index in [1.165, 1.54) is 6.07 Å². The second kappa shape index (κ2) is 10.3. The molecule has 4 rings (SSSR count). The van der Waals surface area contributed by atoms with Crippen molar-refractivity contribution in [3.63, 3.8) is 0 Å². The number of benzene rings is 2. The number of fused-ring (bicyclic) bond motifs is 2. The molecule has 0 amide bonds. The summed E-state index contributed by atoms with van der Waals surface area (Å²) in [5, 5.41) is 3.56. The van der Waals surface area contributed by atoms with Crippen LogP contribution in [-0.4, -0.2) is 44.9 Å². The molecular weight excluding hydrogens is 475 g/mol. The molecule has 0 saturated carbocycles. The smallest absolute Gasteiger partial charge is 0.313 e. The largest absolute Gasteiger partial charge is 0.416 e. The van der Waals surface area contributed by atoms with Crippen molar-refractivity contribution < 1.29 is 18.0 Å². The van der Waals surface area contributed by atoms with E-state index >= 15 is 0 Å². The van der Waals surface area contributed by atoms with Crippen LogP contribution in [0.5, 0.6) is 0 Å². The lowest BCUT2D eigenvalue weighted by Gasteiger charge is -2.17. The van der Waals surface area contributed by atoms with Crippen molar-refractivity contribution >= 4 is 49.4 Å². The summed E-state index contributed by atoms with van der Waals surface area (Å²) in [5.41, 5.74) is 1.92. The fraction of sp³-hybridized carbons (Fsp3) is 0.400. The summed E-state index contributed by atoms with van der Waals surface area (Å²) in [6.07, 6.45) is -2.07. The Kier molecular flexibility index (Phi) is 7.42. The summed E-state index contributed by atoms with van der Waals surface area (Å²) >= 11 is 1.13. The van der Waals surface area contributed by atoms with E-state index in [1.54, 1.807) is 6.07 Å². The van der Waals surface area contributed by atoms with E-state index < -0.39 is 11.7 Å². The number of nitrogens with zero attached hydrogens (tertiary/aromatic N) is 4. The van der Waals surface area contributed by atoms with Gasteiger partial charge in [-0.25, -0.2) is 9.97 Å². The van der Waals surface area contributed by atoms with Crippen molar-refractivity contribution in [3.05, 3.63) is 47.5 Å². The van der Waals surface area contributed by atoms with Crippen LogP contribution in [0.3, 0.4) is 0 Å². The van der Waals surface area contributed by atoms with Crippen molar-refractivity contribution in [1.29, 1.82) is 0 Å². The summed E-state index contributed by atoms with van der Waals surface area (Å²) in [4.78, 5) is 24.0. The van der Waals surface area contributed by atoms with Crippen LogP contribution in [-0.2, 0) is 13.2 Å². The Balaban J connectivity index is 1.47. The molecule has 10 heteroatoms. The Bertz CT molecular complexity index is 1340. The number of alkyl halides is 3. The third-order valence-corrected chi connectivity index (χ3v) is 7.09. The van der Waals surface area contributed by atoms with E-state index in [0.29, 0.717) is 38.8 Å². The van der Waals surface area contributed by atoms with Crippen molar-refractivity contribution in [3.8, 4) is 0 Å². The number of anilines is 2. The molecule has 0 saturated heterocycles. The van der Waals surface area contributed by atoms with E-state index in [2.05, 4.69) is 34.0 Å². The second-order valence-electron chi connectivity index (χ2n) is 8.43. The number of thiazole rings is 1. The number of ketones is 1. The summed E-state index contributed by atoms with van der Waals surface area (Å²) in [7, 11) is 1.83. The molecule has 0 aliphatic carbocycles. The van der Waals surface area contributed by atoms with Crippen LogP contribution < -0.4 is 5.32 Å². The van der Waals surface area contributed by atoms with Crippen molar-refractivity contribution in [1.82, 2.24) is 19.4 Å². The topological polar surface area (TPSA) is 63.1 Å². The van der Waals surface area contributed by atoms with Gasteiger partial charge in [0, 0.05) is 19.0 Å². The van der Waals surface area contributed by atoms with Gasteiger partial charge in [-0.3, -0.25) is 4.79 Å². The van der Waals surface area contributed by atoms with Gasteiger partial charge in [0.15, 0.2) is 10.9 Å². The lowest BCUT2D eigenvalue weighted by molar-refractivity contribution is -0.137. The molecule has 186 valence electrons. The molecular formula is C25H28F3N5OS. The molecule has 0 aliphatic heterocycles. The molecule has 0 aliphatic rings. The average Bonchev–Trinajstić information content (AvgIpc) is 3.37. The maximum absolute atomic E-state index is 13.0. The molecule has 0 fully saturated rings. The molecule has 0 bridgehead atoms. The van der Waals surface area contributed by atoms with Crippen LogP contribution in [0.15, 0.2) is 36.4 Å². The highest BCUT2D eigenvalue weighted by Gasteiger charge is 2.30. The standard InChI is InChI=1S/C25H28F3N5OS/c1-4-33(5-2)13-7-6-8-21(34)16-9-12-20-19(14-16)29-23(32(20)3)31-24-30-18-11-10-17(25(26,27)28)15-22(18)35-24/h9-12,14-15H,4-8,13H2,1-3H3,(H,29,30,31). The molecule has 0 spiro atoms. The molecule has 0 unspecified atom stereocenters. The first-order valence-corrected chi connectivity index (χ1v) is 12.5. The van der Waals surface area contributed by atoms with Crippen LogP contribution in [0.1, 0.15) is 49.0 Å². The van der Waals surface area contributed by atoms with Gasteiger partial charge in [-0.2, -0.15) is 13.2 Å². The number of Topliss-reactive ketones (excluding diaryl/α,β-unsaturated/α-hetero) is 1. The predicted molar refractivity (Wildman–Crippen MR) is 135 cm³/mol. The van der Waals surface area contributed by atoms with Gasteiger partial charge < -0.3 is 14.8 Å². The van der Waals surface area contributed by atoms with Gasteiger partial charge in [0.25, 0.3) is 0 Å². The summed E-state index contributed by atoms with van der Waals surface area (Å²) in [6, 6.07) is 8.98. The fourth-order valence-corrected chi connectivity index (χ4v) is 4.94. The monoisotopic (exact) mass is 503 g/mol. The maximum Gasteiger partial charge on any atom is 0.416 e. The molecule has 35 heavy (non-hydrogen) atoms. The van der Waals surface area contributed by atoms with E-state index in [0.717, 1.165) is 61.5 Å². The molecule has 0 radical (unpaired) electrons. The number of aryl methyl sites for hydroxylation is 1. The van der Waals surface area contributed by atoms with Crippen LogP contribution in [0.2, 0.25) is 0 Å². The average molecular weight is 504 g/mol. The third-order valence-electron chi connectivity index (χ3n) is 6.16. The minimum Gasteiger partial charge on any atom is -0.313 e. The van der Waals surface area contributed by atoms with Gasteiger partial charge in [0.1, 0.15) is 0 Å². The molecule has 6 nitrogen and oxygen atoms in total. The number of hydrogen-bond acceptors (Lipinski definition) is 6. The zero-order valence-corrected chi connectivity index (χ0v) is 20.8. The first kappa shape index (κ1) is 25.1. The lowest BCUT2D eigenvalue weighted by Crippen LogP contribution is -2.24. The second-order valence-corrected chi connectivity index (χ2v) is 9.46. The van der Waals surface area contributed by atoms with E-state index in [1.807, 2.05) is 23.7 Å². The molecule has 2 aromatic heterocycles. The van der Waals surface area contributed by atoms with Crippen LogP contribution in [0, 0.1) is 0 Å². The Morgan fingerprint density at radius 2 is 1.83 bits per heavy atom. The summed E-state index contributed by atoms with van der Waals surface area (Å²) in [5.74, 6) is 0.595. The van der Waals surface area contributed by atoms with Crippen LogP contribution >= 0.6 is 11.3 Å². The van der Waals surface area contributed by atoms with Gasteiger partial charge in [0.05, 0.1) is 26.8 Å². The SMILES string of the molecule is CCN(CC)CCCCC(=O)c1ccc2c(c1)nc(Nc1nc3ccc(C(F)(F)F)cc3s1)n2C. The van der Waals surface area contributed by atoms with Gasteiger partial charge >= 0.3 is 6.18 Å². The van der Waals surface area contributed by atoms with Crippen LogP contribution in [0.25, 0.3) is 21.3 Å². The number of carbonyl (C=O) groups is 1. The minimum atomic E-state index is -4.40. The van der Waals surface area contributed by atoms with Gasteiger partial charge in [-0.15, -0.1) is 0 Å². The first-order valence-electron chi connectivity index (χ1n) is 11.7. The molecule has 0 atom stereocenters. The number of halogens is 3. The Morgan fingerprint density at radius 1 is 1.06 bits per heavy atom. The van der Waals surface area contributed by atoms with Crippen molar-refractivity contribution in [2.75, 3.05) is 25.0 Å². The fourth-order valence-electron chi connectivity index (χ4n) is 4.04. The van der Waals surface area contributed by atoms with Gasteiger partial charge in [0.2, 0.25) is 5.95 Å². The number of carbonyl (C=O) groups excluding carboxylic acids is 1. The highest BCUT2D eigenvalue weighted by Crippen LogP contribution is 2.35. The Hall–Kier alpha value is -2.98. The number of imidazole rings is 1. The van der Waals surface area contributed by atoms with Gasteiger partial charge in [-0.1, -0.05) is 25.2 Å². The van der Waals surface area contributed by atoms with Crippen molar-refractivity contribution in [2.24, 2.45) is 7.05 Å². The number of hydrogen-bond donors (Lipinski definition) is 1. The lowest BCUT2D eigenvalue weighted by atomic mass is 10.0. The highest BCUT2D eigenvalue weighted by atomic mass is 32.1. The maximum atomic E-state index is 13.0. The minimum absolute atomic E-state index is 0.0956. The molecule has 2 aromatic carbocycles. The predicted octanol–water partition coefficient (Wildman–Crippen LogP) is 6.64. The number of rotatable bonds is 10. The van der Waals surface area contributed by atoms with Crippen molar-refractivity contribution in [2.45, 2.75) is 39.3 Å². The van der Waals surface area contributed by atoms with E-state index in [4.69, 9.17) is 0 Å². The highest BCUT2D eigenvalue weighted by molar-refractivity contribution is 7.22. The first-order chi connectivity index (χ1) is 16.7. The summed E-state index contributed by atoms with van der Waals surface area (Å²) in [6.45, 7) is 7.31. The van der Waals surface area contributed by atoms with E-state index in [-0.39, 0.29) is 5.78 Å². The number of nitrogens with one attached hydrogen (secondary N) is 1. The number of unbranched alkanes of at least 4 members (excludes halogenated alkanes) is 1.